The van der Waals surface area contributed by atoms with E-state index < -0.39 is 65.2 Å². The molecule has 2 bridgehead atoms. The second-order valence-electron chi connectivity index (χ2n) is 13.9. The topological polar surface area (TPSA) is 158 Å². The molecule has 0 unspecified atom stereocenters. The molecule has 0 amide bonds. The molecule has 1 saturated heterocycles. The SMILES string of the molecule is CC(=O)O[C@@H](CC(=O)O[C@H](C(=O)OC1=CC[C@@]2(O)[C@H]3Cc4ccc(CO)c5c4[C@@]2(CCN3C)[C@H]1O5)c1ccccc1)C(=O)OC(C)(C)C. The van der Waals surface area contributed by atoms with Crippen LogP contribution in [0, 0.1) is 0 Å². The molecule has 2 N–H and O–H groups in total. The highest BCUT2D eigenvalue weighted by Crippen LogP contribution is 2.64. The van der Waals surface area contributed by atoms with Gasteiger partial charge in [-0.2, -0.15) is 0 Å². The van der Waals surface area contributed by atoms with Gasteiger partial charge in [0.05, 0.1) is 24.0 Å². The summed E-state index contributed by atoms with van der Waals surface area (Å²) in [6.45, 7) is 6.39. The van der Waals surface area contributed by atoms with Crippen LogP contribution in [0.5, 0.6) is 5.75 Å². The number of piperidine rings is 1. The number of esters is 4. The minimum Gasteiger partial charge on any atom is -0.481 e. The van der Waals surface area contributed by atoms with Crippen molar-refractivity contribution >= 4 is 23.9 Å². The third-order valence-corrected chi connectivity index (χ3v) is 9.74. The number of carbonyl (C=O) groups is 4. The second kappa shape index (κ2) is 12.3. The van der Waals surface area contributed by atoms with Crippen LogP contribution in [-0.4, -0.2) is 82.0 Å². The van der Waals surface area contributed by atoms with E-state index in [1.54, 1.807) is 57.2 Å². The van der Waals surface area contributed by atoms with Gasteiger partial charge in [-0.25, -0.2) is 9.59 Å². The van der Waals surface area contributed by atoms with E-state index >= 15 is 0 Å². The quantitative estimate of drug-likeness (QED) is 0.299. The third kappa shape index (κ3) is 5.65. The first-order valence-corrected chi connectivity index (χ1v) is 16.1. The predicted octanol–water partition coefficient (Wildman–Crippen LogP) is 2.95. The Balaban J connectivity index is 1.29. The van der Waals surface area contributed by atoms with Crippen molar-refractivity contribution in [3.63, 3.8) is 0 Å². The van der Waals surface area contributed by atoms with Gasteiger partial charge in [0, 0.05) is 36.1 Å². The molecule has 1 fully saturated rings. The molecular weight excluding hydrogens is 622 g/mol. The van der Waals surface area contributed by atoms with Crippen LogP contribution in [0.15, 0.2) is 54.3 Å². The number of hydrogen-bond donors (Lipinski definition) is 2. The zero-order valence-corrected chi connectivity index (χ0v) is 27.7. The maximum Gasteiger partial charge on any atom is 0.357 e. The average Bonchev–Trinajstić information content (AvgIpc) is 3.38. The zero-order chi connectivity index (χ0) is 34.6. The van der Waals surface area contributed by atoms with Crippen LogP contribution in [0.3, 0.4) is 0 Å². The van der Waals surface area contributed by atoms with Crippen LogP contribution in [0.2, 0.25) is 0 Å². The Kier molecular flexibility index (Phi) is 8.63. The van der Waals surface area contributed by atoms with Gasteiger partial charge < -0.3 is 38.8 Å². The number of likely N-dealkylation sites (N-methyl/N-ethyl adjacent to an activating group) is 1. The Bertz CT molecular complexity index is 1660. The van der Waals surface area contributed by atoms with Crippen LogP contribution >= 0.6 is 0 Å². The van der Waals surface area contributed by atoms with E-state index in [0.29, 0.717) is 36.3 Å². The number of aliphatic hydroxyl groups excluding tert-OH is 1. The molecule has 2 aromatic carbocycles. The fourth-order valence-corrected chi connectivity index (χ4v) is 7.75. The van der Waals surface area contributed by atoms with Gasteiger partial charge in [-0.15, -0.1) is 0 Å². The molecule has 48 heavy (non-hydrogen) atoms. The van der Waals surface area contributed by atoms with E-state index in [-0.39, 0.29) is 24.8 Å². The Labute approximate surface area is 278 Å². The highest BCUT2D eigenvalue weighted by Gasteiger charge is 2.72. The lowest BCUT2D eigenvalue weighted by molar-refractivity contribution is -0.182. The fourth-order valence-electron chi connectivity index (χ4n) is 7.75. The van der Waals surface area contributed by atoms with Crippen LogP contribution in [-0.2, 0) is 56.6 Å². The number of nitrogens with zero attached hydrogens (tertiary/aromatic N) is 1. The molecule has 2 aliphatic heterocycles. The van der Waals surface area contributed by atoms with E-state index in [0.717, 1.165) is 18.1 Å². The number of ether oxygens (including phenoxy) is 5. The summed E-state index contributed by atoms with van der Waals surface area (Å²) in [5.74, 6) is -3.00. The summed E-state index contributed by atoms with van der Waals surface area (Å²) < 4.78 is 28.6. The first-order valence-electron chi connectivity index (χ1n) is 16.1. The Hall–Kier alpha value is -4.26. The van der Waals surface area contributed by atoms with Crippen molar-refractivity contribution in [2.75, 3.05) is 13.6 Å². The normalized spacial score (nSPS) is 26.6. The molecular formula is C36H41NO11. The number of aliphatic hydroxyl groups is 2. The van der Waals surface area contributed by atoms with Crippen molar-refractivity contribution in [2.45, 2.75) is 101 Å². The molecule has 0 aromatic heterocycles. The van der Waals surface area contributed by atoms with E-state index in [9.17, 15) is 29.4 Å². The van der Waals surface area contributed by atoms with Gasteiger partial charge in [-0.05, 0) is 58.8 Å². The number of benzene rings is 2. The predicted molar refractivity (Wildman–Crippen MR) is 168 cm³/mol. The third-order valence-electron chi connectivity index (χ3n) is 9.74. The monoisotopic (exact) mass is 663 g/mol. The molecule has 4 aliphatic rings. The van der Waals surface area contributed by atoms with Crippen molar-refractivity contribution in [1.82, 2.24) is 4.90 Å². The van der Waals surface area contributed by atoms with Crippen molar-refractivity contribution in [1.29, 1.82) is 0 Å². The molecule has 2 aromatic rings. The summed E-state index contributed by atoms with van der Waals surface area (Å²) in [5.41, 5.74) is -0.342. The Morgan fingerprint density at radius 1 is 1.06 bits per heavy atom. The maximum absolute atomic E-state index is 14.0. The van der Waals surface area contributed by atoms with Crippen molar-refractivity contribution in [3.05, 3.63) is 76.6 Å². The van der Waals surface area contributed by atoms with Gasteiger partial charge in [0.25, 0.3) is 0 Å². The van der Waals surface area contributed by atoms with Gasteiger partial charge >= 0.3 is 23.9 Å². The number of rotatable bonds is 9. The van der Waals surface area contributed by atoms with Gasteiger partial charge in [-0.1, -0.05) is 42.5 Å². The van der Waals surface area contributed by atoms with Gasteiger partial charge in [-0.3, -0.25) is 9.59 Å². The van der Waals surface area contributed by atoms with Crippen molar-refractivity contribution in [3.8, 4) is 5.75 Å². The second-order valence-corrected chi connectivity index (χ2v) is 13.9. The molecule has 0 saturated carbocycles. The van der Waals surface area contributed by atoms with Crippen molar-refractivity contribution in [2.24, 2.45) is 0 Å². The molecule has 12 heteroatoms. The summed E-state index contributed by atoms with van der Waals surface area (Å²) in [4.78, 5) is 53.9. The smallest absolute Gasteiger partial charge is 0.357 e. The summed E-state index contributed by atoms with van der Waals surface area (Å²) in [5, 5.41) is 22.6. The molecule has 2 aliphatic carbocycles. The molecule has 0 radical (unpaired) electrons. The Morgan fingerprint density at radius 3 is 2.46 bits per heavy atom. The first-order chi connectivity index (χ1) is 22.7. The minimum absolute atomic E-state index is 0.171. The van der Waals surface area contributed by atoms with Crippen LogP contribution in [0.25, 0.3) is 0 Å². The molecule has 6 atom stereocenters. The summed E-state index contributed by atoms with van der Waals surface area (Å²) >= 11 is 0. The minimum atomic E-state index is -1.59. The largest absolute Gasteiger partial charge is 0.481 e. The summed E-state index contributed by atoms with van der Waals surface area (Å²) in [7, 11) is 1.99. The van der Waals surface area contributed by atoms with E-state index in [1.807, 2.05) is 19.2 Å². The standard InChI is InChI=1S/C36H41NO11/c1-20(39)44-25(32(41)48-34(2,3)4)18-27(40)46-30(21-9-7-6-8-10-21)33(42)45-24-13-14-36(43)26-17-22-11-12-23(19-38)29-28(22)35(36,31(24)47-29)15-16-37(26)5/h6-13,25-26,30-31,38,43H,14-19H2,1-5H3/t25-,26+,30-,31-,35-,36+/m0/s1. The summed E-state index contributed by atoms with van der Waals surface area (Å²) in [6.07, 6.45) is -1.77. The van der Waals surface area contributed by atoms with E-state index in [4.69, 9.17) is 23.7 Å². The fraction of sp³-hybridized carbons (Fsp3) is 0.500. The Morgan fingerprint density at radius 2 is 1.79 bits per heavy atom. The molecule has 1 spiro atoms. The van der Waals surface area contributed by atoms with Gasteiger partial charge in [0.15, 0.2) is 6.10 Å². The zero-order valence-electron chi connectivity index (χ0n) is 27.7. The van der Waals surface area contributed by atoms with Crippen LogP contribution in [0.1, 0.15) is 75.3 Å². The number of carbonyl (C=O) groups excluding carboxylic acids is 4. The van der Waals surface area contributed by atoms with Crippen molar-refractivity contribution < 1.29 is 53.1 Å². The molecule has 256 valence electrons. The first kappa shape index (κ1) is 33.6. The lowest BCUT2D eigenvalue weighted by atomic mass is 9.50. The molecule has 2 heterocycles. The maximum atomic E-state index is 14.0. The molecule has 6 rings (SSSR count). The van der Waals surface area contributed by atoms with E-state index in [2.05, 4.69) is 4.90 Å². The lowest BCUT2D eigenvalue weighted by Crippen LogP contribution is -2.74. The van der Waals surface area contributed by atoms with Gasteiger partial charge in [0.2, 0.25) is 12.2 Å². The van der Waals surface area contributed by atoms with Crippen LogP contribution < -0.4 is 4.74 Å². The lowest BCUT2D eigenvalue weighted by Gasteiger charge is -2.61. The van der Waals surface area contributed by atoms with E-state index in [1.165, 1.54) is 0 Å². The summed E-state index contributed by atoms with van der Waals surface area (Å²) in [6, 6.07) is 11.8. The number of hydrogen-bond acceptors (Lipinski definition) is 12. The average molecular weight is 664 g/mol. The van der Waals surface area contributed by atoms with Gasteiger partial charge in [0.1, 0.15) is 17.1 Å². The number of likely N-dealkylation sites (tertiary alicyclic amines) is 1. The highest BCUT2D eigenvalue weighted by atomic mass is 16.6. The van der Waals surface area contributed by atoms with Crippen LogP contribution in [0.4, 0.5) is 0 Å². The highest BCUT2D eigenvalue weighted by molar-refractivity contribution is 5.86. The molecule has 12 nitrogen and oxygen atoms in total.